The fraction of sp³-hybridized carbons (Fsp3) is 0.543. The molecule has 246 valence electrons. The normalized spacial score (nSPS) is 17.5. The Morgan fingerprint density at radius 1 is 1.07 bits per heavy atom. The summed E-state index contributed by atoms with van der Waals surface area (Å²) >= 11 is 0. The molecule has 1 saturated carbocycles. The van der Waals surface area contributed by atoms with Crippen LogP contribution in [0.25, 0.3) is 16.9 Å². The predicted octanol–water partition coefficient (Wildman–Crippen LogP) is 7.09. The fourth-order valence-corrected chi connectivity index (χ4v) is 7.57. The molecular weight excluding hydrogens is 595 g/mol. The molecule has 2 aliphatic rings. The molecule has 11 heteroatoms. The van der Waals surface area contributed by atoms with Crippen molar-refractivity contribution in [2.24, 2.45) is 0 Å². The zero-order chi connectivity index (χ0) is 33.0. The van der Waals surface area contributed by atoms with Gasteiger partial charge < -0.3 is 19.4 Å². The first-order valence-electron chi connectivity index (χ1n) is 16.6. The van der Waals surface area contributed by atoms with Crippen molar-refractivity contribution in [2.45, 2.75) is 103 Å². The van der Waals surface area contributed by atoms with E-state index in [0.29, 0.717) is 22.8 Å². The molecular formula is C35H49N7O3Si. The van der Waals surface area contributed by atoms with Gasteiger partial charge in [0.2, 0.25) is 5.95 Å². The summed E-state index contributed by atoms with van der Waals surface area (Å²) in [5.41, 5.74) is 2.79. The van der Waals surface area contributed by atoms with Gasteiger partial charge in [0.05, 0.1) is 11.3 Å². The topological polar surface area (TPSA) is 99.3 Å². The van der Waals surface area contributed by atoms with Crippen LogP contribution in [0.15, 0.2) is 47.4 Å². The lowest BCUT2D eigenvalue weighted by atomic mass is 10.1. The second-order valence-electron chi connectivity index (χ2n) is 14.9. The maximum atomic E-state index is 13.7. The third kappa shape index (κ3) is 6.24. The average Bonchev–Trinajstić information content (AvgIpc) is 3.70. The summed E-state index contributed by atoms with van der Waals surface area (Å²) in [6.45, 7) is 19.5. The number of hydrogen-bond donors (Lipinski definition) is 1. The molecule has 0 unspecified atom stereocenters. The molecule has 0 atom stereocenters. The van der Waals surface area contributed by atoms with Gasteiger partial charge in [-0.2, -0.15) is 4.98 Å². The van der Waals surface area contributed by atoms with Gasteiger partial charge in [0, 0.05) is 31.0 Å². The Kier molecular flexibility index (Phi) is 8.39. The van der Waals surface area contributed by atoms with Crippen LogP contribution in [0.2, 0.25) is 18.1 Å². The smallest absolute Gasteiger partial charge is 0.278 e. The van der Waals surface area contributed by atoms with Crippen LogP contribution >= 0.6 is 0 Å². The fourth-order valence-electron chi connectivity index (χ4n) is 5.98. The van der Waals surface area contributed by atoms with Gasteiger partial charge in [-0.05, 0) is 108 Å². The zero-order valence-corrected chi connectivity index (χ0v) is 29.8. The third-order valence-corrected chi connectivity index (χ3v) is 14.4. The van der Waals surface area contributed by atoms with Gasteiger partial charge >= 0.3 is 0 Å². The van der Waals surface area contributed by atoms with Crippen LogP contribution in [-0.4, -0.2) is 63.8 Å². The number of piperidine rings is 1. The summed E-state index contributed by atoms with van der Waals surface area (Å²) in [7, 11) is 0.121. The molecule has 0 amide bonds. The van der Waals surface area contributed by atoms with Crippen LogP contribution in [0.5, 0.6) is 5.75 Å². The lowest BCUT2D eigenvalue weighted by molar-refractivity contribution is 0.113. The summed E-state index contributed by atoms with van der Waals surface area (Å²) < 4.78 is 16.8. The number of aromatic nitrogens is 5. The number of hydrogen-bond acceptors (Lipinski definition) is 8. The molecule has 3 aromatic heterocycles. The highest BCUT2D eigenvalue weighted by molar-refractivity contribution is 6.74. The highest BCUT2D eigenvalue weighted by Crippen LogP contribution is 2.53. The Bertz CT molecular complexity index is 1790. The first-order valence-corrected chi connectivity index (χ1v) is 19.5. The van der Waals surface area contributed by atoms with E-state index in [1.165, 1.54) is 0 Å². The Morgan fingerprint density at radius 2 is 1.78 bits per heavy atom. The van der Waals surface area contributed by atoms with Crippen molar-refractivity contribution >= 4 is 31.0 Å². The molecule has 1 N–H and O–H groups in total. The third-order valence-electron chi connectivity index (χ3n) is 9.88. The molecule has 1 aromatic carbocycles. The maximum absolute atomic E-state index is 13.7. The van der Waals surface area contributed by atoms with Crippen molar-refractivity contribution in [2.75, 3.05) is 25.5 Å². The number of fused-ring (bicyclic) bond motifs is 1. The quantitative estimate of drug-likeness (QED) is 0.193. The molecule has 1 saturated heterocycles. The molecule has 0 spiro atoms. The average molecular weight is 644 g/mol. The van der Waals surface area contributed by atoms with E-state index in [0.717, 1.165) is 61.5 Å². The van der Waals surface area contributed by atoms with Gasteiger partial charge in [-0.25, -0.2) is 19.3 Å². The summed E-state index contributed by atoms with van der Waals surface area (Å²) in [5.74, 6) is 1.94. The van der Waals surface area contributed by atoms with Crippen LogP contribution in [-0.2, 0) is 10.0 Å². The van der Waals surface area contributed by atoms with Gasteiger partial charge in [0.25, 0.3) is 5.56 Å². The predicted molar refractivity (Wildman–Crippen MR) is 186 cm³/mol. The number of likely N-dealkylation sites (tertiary alicyclic amines) is 1. The SMILES string of the molecule is Cc1cc(Nc2ncc3c(=O)n(C(C)C)n(-c4cccc(C5(O[Si](C)(C)C(C)(C)C)CC5)n4)c3n2)ccc1OC1CCN(C)CC1. The molecule has 4 heterocycles. The van der Waals surface area contributed by atoms with Crippen LogP contribution in [0.3, 0.4) is 0 Å². The lowest BCUT2D eigenvalue weighted by Gasteiger charge is -2.39. The van der Waals surface area contributed by atoms with Gasteiger partial charge in [-0.1, -0.05) is 26.8 Å². The number of aryl methyl sites for hydroxylation is 1. The lowest BCUT2D eigenvalue weighted by Crippen LogP contribution is -2.44. The van der Waals surface area contributed by atoms with Gasteiger partial charge in [-0.15, -0.1) is 0 Å². The largest absolute Gasteiger partial charge is 0.490 e. The molecule has 10 nitrogen and oxygen atoms in total. The van der Waals surface area contributed by atoms with Crippen LogP contribution in [0.4, 0.5) is 11.6 Å². The highest BCUT2D eigenvalue weighted by atomic mass is 28.4. The molecule has 0 radical (unpaired) electrons. The van der Waals surface area contributed by atoms with E-state index in [1.807, 2.05) is 48.9 Å². The minimum atomic E-state index is -2.03. The van der Waals surface area contributed by atoms with E-state index in [1.54, 1.807) is 10.9 Å². The molecule has 1 aliphatic heterocycles. The minimum Gasteiger partial charge on any atom is -0.490 e. The van der Waals surface area contributed by atoms with Crippen molar-refractivity contribution < 1.29 is 9.16 Å². The first kappa shape index (κ1) is 32.4. The monoisotopic (exact) mass is 643 g/mol. The second kappa shape index (κ2) is 11.9. The van der Waals surface area contributed by atoms with Crippen molar-refractivity contribution in [1.82, 2.24) is 29.2 Å². The summed E-state index contributed by atoms with van der Waals surface area (Å²) in [6.07, 6.45) is 5.79. The summed E-state index contributed by atoms with van der Waals surface area (Å²) in [6, 6.07) is 11.9. The molecule has 0 bridgehead atoms. The number of benzene rings is 1. The Morgan fingerprint density at radius 3 is 2.41 bits per heavy atom. The Labute approximate surface area is 273 Å². The minimum absolute atomic E-state index is 0.0911. The molecule has 46 heavy (non-hydrogen) atoms. The highest BCUT2D eigenvalue weighted by Gasteiger charge is 2.53. The van der Waals surface area contributed by atoms with Crippen molar-refractivity contribution in [3.8, 4) is 11.6 Å². The Balaban J connectivity index is 1.32. The van der Waals surface area contributed by atoms with Crippen LogP contribution in [0, 0.1) is 6.92 Å². The van der Waals surface area contributed by atoms with Crippen LogP contribution < -0.4 is 15.6 Å². The second-order valence-corrected chi connectivity index (χ2v) is 19.7. The van der Waals surface area contributed by atoms with Crippen molar-refractivity contribution in [3.05, 3.63) is 64.2 Å². The zero-order valence-electron chi connectivity index (χ0n) is 28.8. The number of nitrogens with zero attached hydrogens (tertiary/aromatic N) is 6. The Hall–Kier alpha value is -3.54. The molecule has 6 rings (SSSR count). The van der Waals surface area contributed by atoms with E-state index >= 15 is 0 Å². The number of anilines is 2. The van der Waals surface area contributed by atoms with Crippen molar-refractivity contribution in [1.29, 1.82) is 0 Å². The number of ether oxygens (including phenoxy) is 1. The van der Waals surface area contributed by atoms with E-state index in [-0.39, 0.29) is 28.3 Å². The standard InChI is InChI=1S/C35H49N7O3Si/c1-23(2)41-32(43)27-22-36-33(37-25-13-14-28(24(3)21-25)44-26-15-19-40(7)20-16-26)39-31(27)42(41)30-12-10-11-29(38-30)35(17-18-35)45-46(8,9)34(4,5)6/h10-14,21-23,26H,15-20H2,1-9H3,(H,36,37,39). The number of rotatable bonds is 9. The van der Waals surface area contributed by atoms with Crippen molar-refractivity contribution in [3.63, 3.8) is 0 Å². The summed E-state index contributed by atoms with van der Waals surface area (Å²) in [4.78, 5) is 30.6. The summed E-state index contributed by atoms with van der Waals surface area (Å²) in [5, 5.41) is 3.89. The van der Waals surface area contributed by atoms with Gasteiger partial charge in [0.15, 0.2) is 19.8 Å². The first-order chi connectivity index (χ1) is 21.7. The van der Waals surface area contributed by atoms with Gasteiger partial charge in [-0.3, -0.25) is 4.79 Å². The van der Waals surface area contributed by atoms with Crippen LogP contribution in [0.1, 0.15) is 77.6 Å². The number of nitrogens with one attached hydrogen (secondary N) is 1. The molecule has 4 aromatic rings. The number of pyridine rings is 1. The molecule has 1 aliphatic carbocycles. The van der Waals surface area contributed by atoms with E-state index in [4.69, 9.17) is 19.1 Å². The molecule has 2 fully saturated rings. The van der Waals surface area contributed by atoms with E-state index in [2.05, 4.69) is 69.1 Å². The van der Waals surface area contributed by atoms with E-state index < -0.39 is 8.32 Å². The maximum Gasteiger partial charge on any atom is 0.278 e. The van der Waals surface area contributed by atoms with Gasteiger partial charge in [0.1, 0.15) is 17.2 Å². The van der Waals surface area contributed by atoms with E-state index in [9.17, 15) is 4.79 Å².